The molecule has 1 aromatic rings. The van der Waals surface area contributed by atoms with Crippen LogP contribution >= 0.6 is 0 Å². The van der Waals surface area contributed by atoms with Crippen molar-refractivity contribution in [2.24, 2.45) is 0 Å². The van der Waals surface area contributed by atoms with E-state index < -0.39 is 0 Å². The molecule has 1 aliphatic carbocycles. The summed E-state index contributed by atoms with van der Waals surface area (Å²) in [5, 5.41) is 3.75. The van der Waals surface area contributed by atoms with E-state index in [-0.39, 0.29) is 0 Å². The fraction of sp³-hybridized carbons (Fsp3) is 0.625. The van der Waals surface area contributed by atoms with Crippen LogP contribution in [0.2, 0.25) is 0 Å². The second-order valence-corrected chi connectivity index (χ2v) is 5.23. The topological polar surface area (TPSA) is 21.3 Å². The Labute approximate surface area is 111 Å². The standard InChI is InChI=1S/C16H25NO/c1-3-18-16-11-9-14(10-12-16)13(2)17-15-7-5-4-6-8-15/h9-13,15,17H,3-8H2,1-2H3. The van der Waals surface area contributed by atoms with Crippen LogP contribution in [-0.4, -0.2) is 12.6 Å². The van der Waals surface area contributed by atoms with Crippen molar-refractivity contribution in [2.75, 3.05) is 6.61 Å². The van der Waals surface area contributed by atoms with Gasteiger partial charge in [-0.2, -0.15) is 0 Å². The van der Waals surface area contributed by atoms with E-state index in [2.05, 4.69) is 36.5 Å². The van der Waals surface area contributed by atoms with Gasteiger partial charge in [-0.05, 0) is 44.4 Å². The maximum atomic E-state index is 5.47. The predicted octanol–water partition coefficient (Wildman–Crippen LogP) is 4.07. The van der Waals surface area contributed by atoms with E-state index in [9.17, 15) is 0 Å². The molecular weight excluding hydrogens is 222 g/mol. The monoisotopic (exact) mass is 247 g/mol. The highest BCUT2D eigenvalue weighted by atomic mass is 16.5. The van der Waals surface area contributed by atoms with Crippen LogP contribution in [0.15, 0.2) is 24.3 Å². The second kappa shape index (κ2) is 6.79. The summed E-state index contributed by atoms with van der Waals surface area (Å²) in [6.45, 7) is 5.00. The molecule has 0 spiro atoms. The van der Waals surface area contributed by atoms with Crippen molar-refractivity contribution in [1.29, 1.82) is 0 Å². The van der Waals surface area contributed by atoms with Crippen molar-refractivity contribution in [3.63, 3.8) is 0 Å². The predicted molar refractivity (Wildman–Crippen MR) is 76.0 cm³/mol. The quantitative estimate of drug-likeness (QED) is 0.847. The lowest BCUT2D eigenvalue weighted by molar-refractivity contribution is 0.338. The molecule has 1 aromatic carbocycles. The van der Waals surface area contributed by atoms with E-state index in [0.717, 1.165) is 12.4 Å². The molecule has 0 saturated heterocycles. The lowest BCUT2D eigenvalue weighted by Gasteiger charge is -2.27. The second-order valence-electron chi connectivity index (χ2n) is 5.23. The van der Waals surface area contributed by atoms with Crippen LogP contribution in [0.25, 0.3) is 0 Å². The molecule has 0 radical (unpaired) electrons. The minimum atomic E-state index is 0.434. The van der Waals surface area contributed by atoms with Crippen LogP contribution in [0.3, 0.4) is 0 Å². The fourth-order valence-corrected chi connectivity index (χ4v) is 2.74. The molecular formula is C16H25NO. The molecule has 1 aliphatic rings. The van der Waals surface area contributed by atoms with Crippen molar-refractivity contribution in [3.05, 3.63) is 29.8 Å². The summed E-state index contributed by atoms with van der Waals surface area (Å²) in [6.07, 6.45) is 6.85. The molecule has 1 N–H and O–H groups in total. The van der Waals surface area contributed by atoms with Gasteiger partial charge in [-0.1, -0.05) is 31.4 Å². The Morgan fingerprint density at radius 1 is 1.17 bits per heavy atom. The lowest BCUT2D eigenvalue weighted by Crippen LogP contribution is -2.33. The molecule has 0 amide bonds. The summed E-state index contributed by atoms with van der Waals surface area (Å²) in [5.41, 5.74) is 1.35. The molecule has 0 heterocycles. The van der Waals surface area contributed by atoms with Crippen molar-refractivity contribution in [3.8, 4) is 5.75 Å². The number of nitrogens with one attached hydrogen (secondary N) is 1. The van der Waals surface area contributed by atoms with E-state index in [1.165, 1.54) is 37.7 Å². The highest BCUT2D eigenvalue weighted by Crippen LogP contribution is 2.22. The SMILES string of the molecule is CCOc1ccc(C(C)NC2CCCCC2)cc1. The first-order valence-corrected chi connectivity index (χ1v) is 7.28. The average Bonchev–Trinajstić information content (AvgIpc) is 2.41. The van der Waals surface area contributed by atoms with E-state index in [4.69, 9.17) is 4.74 Å². The minimum Gasteiger partial charge on any atom is -0.494 e. The summed E-state index contributed by atoms with van der Waals surface area (Å²) >= 11 is 0. The Morgan fingerprint density at radius 3 is 2.44 bits per heavy atom. The highest BCUT2D eigenvalue weighted by molar-refractivity contribution is 5.29. The van der Waals surface area contributed by atoms with Crippen LogP contribution in [0, 0.1) is 0 Å². The first-order valence-electron chi connectivity index (χ1n) is 7.28. The largest absolute Gasteiger partial charge is 0.494 e. The molecule has 0 aromatic heterocycles. The van der Waals surface area contributed by atoms with Crippen molar-refractivity contribution < 1.29 is 4.74 Å². The summed E-state index contributed by atoms with van der Waals surface area (Å²) in [6, 6.07) is 9.62. The summed E-state index contributed by atoms with van der Waals surface area (Å²) in [4.78, 5) is 0. The van der Waals surface area contributed by atoms with Gasteiger partial charge in [0.2, 0.25) is 0 Å². The van der Waals surface area contributed by atoms with Gasteiger partial charge in [0.15, 0.2) is 0 Å². The van der Waals surface area contributed by atoms with Crippen molar-refractivity contribution in [2.45, 2.75) is 58.0 Å². The van der Waals surface area contributed by atoms with Crippen molar-refractivity contribution >= 4 is 0 Å². The number of benzene rings is 1. The maximum Gasteiger partial charge on any atom is 0.119 e. The molecule has 0 aliphatic heterocycles. The molecule has 1 saturated carbocycles. The van der Waals surface area contributed by atoms with Gasteiger partial charge in [-0.3, -0.25) is 0 Å². The zero-order valence-electron chi connectivity index (χ0n) is 11.6. The first-order chi connectivity index (χ1) is 8.79. The Balaban J connectivity index is 1.89. The number of ether oxygens (including phenoxy) is 1. The van der Waals surface area contributed by atoms with Gasteiger partial charge in [0.1, 0.15) is 5.75 Å². The van der Waals surface area contributed by atoms with E-state index in [1.807, 2.05) is 6.92 Å². The number of hydrogen-bond donors (Lipinski definition) is 1. The maximum absolute atomic E-state index is 5.47. The van der Waals surface area contributed by atoms with Gasteiger partial charge >= 0.3 is 0 Å². The zero-order valence-corrected chi connectivity index (χ0v) is 11.6. The Kier molecular flexibility index (Phi) is 5.06. The van der Waals surface area contributed by atoms with Crippen LogP contribution in [0.1, 0.15) is 57.6 Å². The minimum absolute atomic E-state index is 0.434. The van der Waals surface area contributed by atoms with Gasteiger partial charge in [-0.15, -0.1) is 0 Å². The van der Waals surface area contributed by atoms with Gasteiger partial charge in [0.05, 0.1) is 6.61 Å². The Bertz CT molecular complexity index is 341. The molecule has 0 bridgehead atoms. The molecule has 2 heteroatoms. The van der Waals surface area contributed by atoms with E-state index >= 15 is 0 Å². The number of hydrogen-bond acceptors (Lipinski definition) is 2. The van der Waals surface area contributed by atoms with Gasteiger partial charge in [0.25, 0.3) is 0 Å². The molecule has 1 unspecified atom stereocenters. The molecule has 1 fully saturated rings. The summed E-state index contributed by atoms with van der Waals surface area (Å²) in [7, 11) is 0. The average molecular weight is 247 g/mol. The van der Waals surface area contributed by atoms with Gasteiger partial charge in [0, 0.05) is 12.1 Å². The zero-order chi connectivity index (χ0) is 12.8. The lowest BCUT2D eigenvalue weighted by atomic mass is 9.94. The summed E-state index contributed by atoms with van der Waals surface area (Å²) in [5.74, 6) is 0.964. The van der Waals surface area contributed by atoms with Crippen LogP contribution in [-0.2, 0) is 0 Å². The fourth-order valence-electron chi connectivity index (χ4n) is 2.74. The van der Waals surface area contributed by atoms with Crippen LogP contribution in [0.5, 0.6) is 5.75 Å². The molecule has 2 nitrogen and oxygen atoms in total. The molecule has 100 valence electrons. The molecule has 2 rings (SSSR count). The molecule has 18 heavy (non-hydrogen) atoms. The normalized spacial score (nSPS) is 18.6. The van der Waals surface area contributed by atoms with Crippen LogP contribution < -0.4 is 10.1 Å². The Hall–Kier alpha value is -1.02. The summed E-state index contributed by atoms with van der Waals surface area (Å²) < 4.78 is 5.47. The van der Waals surface area contributed by atoms with E-state index in [1.54, 1.807) is 0 Å². The third kappa shape index (κ3) is 3.74. The molecule has 1 atom stereocenters. The third-order valence-corrected chi connectivity index (χ3v) is 3.78. The van der Waals surface area contributed by atoms with Gasteiger partial charge in [-0.25, -0.2) is 0 Å². The van der Waals surface area contributed by atoms with Crippen LogP contribution in [0.4, 0.5) is 0 Å². The number of rotatable bonds is 5. The third-order valence-electron chi connectivity index (χ3n) is 3.78. The smallest absolute Gasteiger partial charge is 0.119 e. The van der Waals surface area contributed by atoms with Crippen molar-refractivity contribution in [1.82, 2.24) is 5.32 Å². The van der Waals surface area contributed by atoms with E-state index in [0.29, 0.717) is 12.1 Å². The highest BCUT2D eigenvalue weighted by Gasteiger charge is 2.16. The first kappa shape index (κ1) is 13.4. The van der Waals surface area contributed by atoms with Gasteiger partial charge < -0.3 is 10.1 Å². The Morgan fingerprint density at radius 2 is 1.83 bits per heavy atom.